The first-order valence-corrected chi connectivity index (χ1v) is 12.4. The van der Waals surface area contributed by atoms with E-state index in [2.05, 4.69) is 13.5 Å². The lowest BCUT2D eigenvalue weighted by Crippen LogP contribution is -2.04. The normalized spacial score (nSPS) is 29.2. The van der Waals surface area contributed by atoms with E-state index < -0.39 is 29.3 Å². The highest BCUT2D eigenvalue weighted by Crippen LogP contribution is 2.82. The van der Waals surface area contributed by atoms with Gasteiger partial charge in [0.15, 0.2) is 0 Å². The fraction of sp³-hybridized carbons (Fsp3) is 0.538. The van der Waals surface area contributed by atoms with Gasteiger partial charge in [0.1, 0.15) is 0 Å². The van der Waals surface area contributed by atoms with Crippen LogP contribution >= 0.6 is 23.2 Å². The molecule has 11 heteroatoms. The van der Waals surface area contributed by atoms with E-state index in [0.29, 0.717) is 11.5 Å². The van der Waals surface area contributed by atoms with Crippen LogP contribution in [0.25, 0.3) is 0 Å². The lowest BCUT2D eigenvalue weighted by atomic mass is 9.84. The summed E-state index contributed by atoms with van der Waals surface area (Å²) in [6.45, 7) is 0. The second kappa shape index (κ2) is 6.70. The minimum absolute atomic E-state index is 0.361. The minimum Gasteiger partial charge on any atom is -0.183 e. The van der Waals surface area contributed by atoms with Gasteiger partial charge < -0.3 is 0 Å². The Morgan fingerprint density at radius 3 is 1.96 bits per heavy atom. The molecular formula is C13H17F5N3P3. The van der Waals surface area contributed by atoms with Gasteiger partial charge in [-0.3, -0.25) is 0 Å². The summed E-state index contributed by atoms with van der Waals surface area (Å²) >= 11 is 0. The van der Waals surface area contributed by atoms with Gasteiger partial charge in [0, 0.05) is 0 Å². The van der Waals surface area contributed by atoms with Crippen molar-refractivity contribution in [2.75, 3.05) is 0 Å². The van der Waals surface area contributed by atoms with E-state index in [4.69, 9.17) is 0 Å². The van der Waals surface area contributed by atoms with Crippen LogP contribution in [0.4, 0.5) is 21.0 Å². The first-order chi connectivity index (χ1) is 11.2. The van der Waals surface area contributed by atoms with Crippen LogP contribution in [0, 0.1) is 0 Å². The Morgan fingerprint density at radius 1 is 0.792 bits per heavy atom. The number of benzene rings is 1. The van der Waals surface area contributed by atoms with E-state index >= 15 is 0 Å². The SMILES string of the molecule is FP1(F)=NP(F)(F)=NP(F)(Cc2ccc(C3CCCCC3)cc2)=N1. The first-order valence-electron chi connectivity index (χ1n) is 7.64. The molecule has 3 rings (SSSR count). The zero-order valence-electron chi connectivity index (χ0n) is 12.7. The molecule has 3 nitrogen and oxygen atoms in total. The Morgan fingerprint density at radius 2 is 1.38 bits per heavy atom. The summed E-state index contributed by atoms with van der Waals surface area (Å²) in [7, 11) is -15.9. The second-order valence-corrected chi connectivity index (χ2v) is 11.6. The largest absolute Gasteiger partial charge is 0.423 e. The molecule has 0 saturated heterocycles. The van der Waals surface area contributed by atoms with Gasteiger partial charge in [0.05, 0.1) is 6.16 Å². The number of halogens is 5. The predicted octanol–water partition coefficient (Wildman–Crippen LogP) is 9.02. The van der Waals surface area contributed by atoms with Gasteiger partial charge >= 0.3 is 15.7 Å². The molecule has 1 unspecified atom stereocenters. The van der Waals surface area contributed by atoms with Crippen molar-refractivity contribution in [2.45, 2.75) is 44.2 Å². The number of hydrogen-bond donors (Lipinski definition) is 0. The van der Waals surface area contributed by atoms with Gasteiger partial charge in [-0.25, -0.2) is 0 Å². The Balaban J connectivity index is 1.82. The van der Waals surface area contributed by atoms with Gasteiger partial charge in [0.25, 0.3) is 7.52 Å². The van der Waals surface area contributed by atoms with Crippen molar-refractivity contribution in [1.29, 1.82) is 0 Å². The Labute approximate surface area is 138 Å². The molecule has 0 radical (unpaired) electrons. The molecule has 0 aromatic heterocycles. The highest BCUT2D eigenvalue weighted by Gasteiger charge is 2.38. The van der Waals surface area contributed by atoms with Crippen LogP contribution in [-0.2, 0) is 6.16 Å². The summed E-state index contributed by atoms with van der Waals surface area (Å²) in [5.74, 6) is 0.454. The van der Waals surface area contributed by atoms with Gasteiger partial charge in [-0.15, -0.1) is 21.3 Å². The quantitative estimate of drug-likeness (QED) is 0.357. The zero-order chi connectivity index (χ0) is 17.4. The molecule has 24 heavy (non-hydrogen) atoms. The van der Waals surface area contributed by atoms with E-state index in [0.717, 1.165) is 18.4 Å². The first kappa shape index (κ1) is 18.4. The third-order valence-corrected chi connectivity index (χ3v) is 10.5. The third kappa shape index (κ3) is 4.59. The molecule has 134 valence electrons. The molecule has 0 amide bonds. The summed E-state index contributed by atoms with van der Waals surface area (Å²) in [6, 6.07) is 6.86. The van der Waals surface area contributed by atoms with Crippen LogP contribution in [-0.4, -0.2) is 0 Å². The Bertz CT molecular complexity index is 767. The number of rotatable bonds is 3. The summed E-state index contributed by atoms with van der Waals surface area (Å²) in [5, 5.41) is 0. The van der Waals surface area contributed by atoms with E-state index in [-0.39, 0.29) is 0 Å². The fourth-order valence-corrected chi connectivity index (χ4v) is 9.39. The average Bonchev–Trinajstić information content (AvgIpc) is 2.44. The van der Waals surface area contributed by atoms with Gasteiger partial charge in [0.2, 0.25) is 0 Å². The molecule has 1 atom stereocenters. The van der Waals surface area contributed by atoms with Crippen molar-refractivity contribution in [1.82, 2.24) is 0 Å². The van der Waals surface area contributed by atoms with Crippen molar-refractivity contribution in [3.8, 4) is 0 Å². The van der Waals surface area contributed by atoms with Crippen LogP contribution < -0.4 is 0 Å². The molecule has 1 aliphatic heterocycles. The van der Waals surface area contributed by atoms with Crippen molar-refractivity contribution < 1.29 is 21.0 Å². The molecule has 1 aliphatic carbocycles. The van der Waals surface area contributed by atoms with Gasteiger partial charge in [-0.05, 0) is 29.9 Å². The Kier molecular flexibility index (Phi) is 5.12. The maximum Gasteiger partial charge on any atom is 0.423 e. The van der Waals surface area contributed by atoms with Crippen LogP contribution in [0.15, 0.2) is 37.8 Å². The lowest BCUT2D eigenvalue weighted by molar-refractivity contribution is 0.443. The molecule has 2 aliphatic rings. The van der Waals surface area contributed by atoms with Gasteiger partial charge in [-0.1, -0.05) is 43.5 Å². The van der Waals surface area contributed by atoms with Crippen LogP contribution in [0.1, 0.15) is 49.1 Å². The summed E-state index contributed by atoms with van der Waals surface area (Å²) in [6.07, 6.45) is 5.15. The molecule has 0 bridgehead atoms. The van der Waals surface area contributed by atoms with E-state index in [1.165, 1.54) is 19.3 Å². The Hall–Kier alpha value is -0.440. The number of nitrogens with zero attached hydrogens (tertiary/aromatic N) is 3. The van der Waals surface area contributed by atoms with E-state index in [9.17, 15) is 21.0 Å². The average molecular weight is 403 g/mol. The topological polar surface area (TPSA) is 37.1 Å². The maximum absolute atomic E-state index is 14.5. The molecule has 1 fully saturated rings. The van der Waals surface area contributed by atoms with Crippen LogP contribution in [0.2, 0.25) is 0 Å². The maximum atomic E-state index is 14.5. The molecule has 1 aromatic rings. The highest BCUT2D eigenvalue weighted by molar-refractivity contribution is 7.79. The monoisotopic (exact) mass is 403 g/mol. The molecule has 1 heterocycles. The minimum atomic E-state index is -5.62. The summed E-state index contributed by atoms with van der Waals surface area (Å²) in [4.78, 5) is 0. The standard InChI is InChI=1S/C13H17F5N3P3/c14-22(19-23(15,16)21-24(17,18)20-22)10-11-6-8-13(9-7-11)12-4-2-1-3-5-12/h6-9,12H,1-5,10H2. The molecule has 0 spiro atoms. The smallest absolute Gasteiger partial charge is 0.183 e. The van der Waals surface area contributed by atoms with Crippen molar-refractivity contribution in [3.05, 3.63) is 35.4 Å². The molecule has 1 aromatic carbocycles. The number of hydrogen-bond acceptors (Lipinski definition) is 3. The fourth-order valence-electron chi connectivity index (χ4n) is 3.14. The lowest BCUT2D eigenvalue weighted by Gasteiger charge is -2.22. The van der Waals surface area contributed by atoms with Crippen molar-refractivity contribution >= 4 is 23.2 Å². The highest BCUT2D eigenvalue weighted by atomic mass is 31.3. The molecule has 0 N–H and O–H groups in total. The predicted molar refractivity (Wildman–Crippen MR) is 89.6 cm³/mol. The molecular weight excluding hydrogens is 386 g/mol. The molecule has 1 saturated carbocycles. The third-order valence-electron chi connectivity index (χ3n) is 4.14. The zero-order valence-corrected chi connectivity index (χ0v) is 15.4. The summed E-state index contributed by atoms with van der Waals surface area (Å²) in [5.41, 5.74) is 1.48. The van der Waals surface area contributed by atoms with Crippen LogP contribution in [0.3, 0.4) is 0 Å². The van der Waals surface area contributed by atoms with E-state index in [1.54, 1.807) is 12.1 Å². The van der Waals surface area contributed by atoms with E-state index in [1.807, 2.05) is 12.1 Å². The van der Waals surface area contributed by atoms with Crippen molar-refractivity contribution in [3.63, 3.8) is 0 Å². The van der Waals surface area contributed by atoms with Crippen LogP contribution in [0.5, 0.6) is 0 Å². The van der Waals surface area contributed by atoms with Crippen molar-refractivity contribution in [2.24, 2.45) is 13.5 Å². The second-order valence-electron chi connectivity index (χ2n) is 6.06. The van der Waals surface area contributed by atoms with Gasteiger partial charge in [-0.2, -0.15) is 13.2 Å². The summed E-state index contributed by atoms with van der Waals surface area (Å²) < 4.78 is 75.0.